The van der Waals surface area contributed by atoms with Gasteiger partial charge in [-0.3, -0.25) is 0 Å². The van der Waals surface area contributed by atoms with Gasteiger partial charge in [0.2, 0.25) is 0 Å². The Bertz CT molecular complexity index is 388. The van der Waals surface area contributed by atoms with E-state index < -0.39 is 16.6 Å². The van der Waals surface area contributed by atoms with Crippen LogP contribution in [0.1, 0.15) is 48.5 Å². The SMILES string of the molecule is C=C[C@H](O[Si](C)(C)C(C)(C)C)C(C)[C@@H](C=C)O[Si](C)(C)C(C)(C)C. The van der Waals surface area contributed by atoms with Crippen molar-refractivity contribution in [1.29, 1.82) is 0 Å². The standard InChI is InChI=1S/C20H42O2Si2/c1-14-17(21-23(10,11)19(4,5)6)16(3)18(15-2)22-24(12,13)20(7,8)9/h14-18H,1-2H2,3-13H3/t16?,17-,18+. The van der Waals surface area contributed by atoms with Gasteiger partial charge in [-0.2, -0.15) is 0 Å². The Kier molecular flexibility index (Phi) is 7.97. The summed E-state index contributed by atoms with van der Waals surface area (Å²) >= 11 is 0. The predicted molar refractivity (Wildman–Crippen MR) is 114 cm³/mol. The number of hydrogen-bond donors (Lipinski definition) is 0. The van der Waals surface area contributed by atoms with Gasteiger partial charge < -0.3 is 8.85 Å². The van der Waals surface area contributed by atoms with E-state index in [-0.39, 0.29) is 28.2 Å². The summed E-state index contributed by atoms with van der Waals surface area (Å²) in [6, 6.07) is 0. The average Bonchev–Trinajstić information content (AvgIpc) is 2.38. The largest absolute Gasteiger partial charge is 0.410 e. The molecule has 0 aliphatic rings. The highest BCUT2D eigenvalue weighted by Gasteiger charge is 2.43. The van der Waals surface area contributed by atoms with Gasteiger partial charge in [0.25, 0.3) is 0 Å². The smallest absolute Gasteiger partial charge is 0.192 e. The maximum absolute atomic E-state index is 6.60. The molecule has 4 heteroatoms. The van der Waals surface area contributed by atoms with Crippen molar-refractivity contribution in [3.8, 4) is 0 Å². The van der Waals surface area contributed by atoms with Gasteiger partial charge in [0, 0.05) is 5.92 Å². The normalized spacial score (nSPS) is 18.0. The lowest BCUT2D eigenvalue weighted by atomic mass is 9.98. The van der Waals surface area contributed by atoms with Crippen LogP contribution in [0.25, 0.3) is 0 Å². The van der Waals surface area contributed by atoms with Crippen molar-refractivity contribution in [1.82, 2.24) is 0 Å². The third-order valence-electron chi connectivity index (χ3n) is 5.97. The molecule has 0 spiro atoms. The van der Waals surface area contributed by atoms with Crippen LogP contribution in [0.4, 0.5) is 0 Å². The van der Waals surface area contributed by atoms with E-state index in [1.165, 1.54) is 0 Å². The second-order valence-corrected chi connectivity index (χ2v) is 19.5. The van der Waals surface area contributed by atoms with Gasteiger partial charge in [-0.15, -0.1) is 13.2 Å². The van der Waals surface area contributed by atoms with Crippen molar-refractivity contribution >= 4 is 16.6 Å². The van der Waals surface area contributed by atoms with Crippen LogP contribution >= 0.6 is 0 Å². The van der Waals surface area contributed by atoms with Crippen LogP contribution in [-0.4, -0.2) is 28.8 Å². The van der Waals surface area contributed by atoms with E-state index in [1.807, 2.05) is 12.2 Å². The summed E-state index contributed by atoms with van der Waals surface area (Å²) in [5.74, 6) is 0.197. The van der Waals surface area contributed by atoms with Crippen LogP contribution < -0.4 is 0 Å². The molecule has 0 rings (SSSR count). The summed E-state index contributed by atoms with van der Waals surface area (Å²) in [5, 5.41) is 0.357. The molecule has 0 N–H and O–H groups in total. The molecule has 3 atom stereocenters. The van der Waals surface area contributed by atoms with Gasteiger partial charge in [-0.25, -0.2) is 0 Å². The minimum atomic E-state index is -1.86. The molecule has 1 unspecified atom stereocenters. The minimum absolute atomic E-state index is 0.0151. The van der Waals surface area contributed by atoms with E-state index in [1.54, 1.807) is 0 Å². The second kappa shape index (κ2) is 8.02. The maximum atomic E-state index is 6.60. The fourth-order valence-electron chi connectivity index (χ4n) is 1.96. The Morgan fingerprint density at radius 3 is 1.12 bits per heavy atom. The van der Waals surface area contributed by atoms with Crippen molar-refractivity contribution in [2.24, 2.45) is 5.92 Å². The van der Waals surface area contributed by atoms with Gasteiger partial charge in [0.1, 0.15) is 0 Å². The zero-order valence-corrected chi connectivity index (χ0v) is 20.1. The first-order valence-electron chi connectivity index (χ1n) is 9.11. The average molecular weight is 371 g/mol. The lowest BCUT2D eigenvalue weighted by molar-refractivity contribution is 0.0840. The van der Waals surface area contributed by atoms with Crippen LogP contribution in [0, 0.1) is 5.92 Å². The quantitative estimate of drug-likeness (QED) is 0.346. The molecule has 0 amide bonds. The van der Waals surface area contributed by atoms with Crippen molar-refractivity contribution in [2.45, 2.75) is 96.9 Å². The van der Waals surface area contributed by atoms with Gasteiger partial charge >= 0.3 is 0 Å². The highest BCUT2D eigenvalue weighted by molar-refractivity contribution is 6.74. The Balaban J connectivity index is 5.34. The van der Waals surface area contributed by atoms with Gasteiger partial charge in [0.15, 0.2) is 16.6 Å². The molecule has 0 heterocycles. The van der Waals surface area contributed by atoms with Crippen molar-refractivity contribution < 1.29 is 8.85 Å². The van der Waals surface area contributed by atoms with Crippen LogP contribution in [0.3, 0.4) is 0 Å². The summed E-state index contributed by atoms with van der Waals surface area (Å²) in [6.45, 7) is 33.0. The van der Waals surface area contributed by atoms with E-state index >= 15 is 0 Å². The first-order chi connectivity index (χ1) is 10.5. The Labute approximate surface area is 154 Å². The summed E-state index contributed by atoms with van der Waals surface area (Å²) in [4.78, 5) is 0. The van der Waals surface area contributed by atoms with Crippen LogP contribution in [0.15, 0.2) is 25.3 Å². The third kappa shape index (κ3) is 5.97. The second-order valence-electron chi connectivity index (χ2n) is 10.0. The van der Waals surface area contributed by atoms with Crippen molar-refractivity contribution in [3.05, 3.63) is 25.3 Å². The van der Waals surface area contributed by atoms with Crippen LogP contribution in [-0.2, 0) is 8.85 Å². The lowest BCUT2D eigenvalue weighted by Gasteiger charge is -2.44. The van der Waals surface area contributed by atoms with Gasteiger partial charge in [-0.1, -0.05) is 60.6 Å². The molecule has 142 valence electrons. The monoisotopic (exact) mass is 370 g/mol. The van der Waals surface area contributed by atoms with E-state index in [9.17, 15) is 0 Å². The molecule has 0 saturated carbocycles. The highest BCUT2D eigenvalue weighted by Crippen LogP contribution is 2.41. The molecule has 0 bridgehead atoms. The zero-order chi connectivity index (χ0) is 19.6. The molecule has 0 aliphatic heterocycles. The molecule has 0 aromatic carbocycles. The summed E-state index contributed by atoms with van der Waals surface area (Å²) in [7, 11) is -3.71. The fraction of sp³-hybridized carbons (Fsp3) is 0.800. The Morgan fingerprint density at radius 2 is 0.958 bits per heavy atom. The van der Waals surface area contributed by atoms with Gasteiger partial charge in [0.05, 0.1) is 12.2 Å². The first-order valence-corrected chi connectivity index (χ1v) is 14.9. The zero-order valence-electron chi connectivity index (χ0n) is 18.1. The Morgan fingerprint density at radius 1 is 0.708 bits per heavy atom. The van der Waals surface area contributed by atoms with E-state index in [4.69, 9.17) is 8.85 Å². The lowest BCUT2D eigenvalue weighted by Crippen LogP contribution is -2.49. The maximum Gasteiger partial charge on any atom is 0.192 e. The molecular formula is C20H42O2Si2. The summed E-state index contributed by atoms with van der Waals surface area (Å²) in [5.41, 5.74) is 0. The minimum Gasteiger partial charge on any atom is -0.410 e. The molecule has 24 heavy (non-hydrogen) atoms. The fourth-order valence-corrected chi connectivity index (χ4v) is 4.65. The van der Waals surface area contributed by atoms with E-state index in [2.05, 4.69) is 87.8 Å². The molecule has 2 nitrogen and oxygen atoms in total. The van der Waals surface area contributed by atoms with Crippen LogP contribution in [0.5, 0.6) is 0 Å². The molecule has 0 fully saturated rings. The molecule has 0 radical (unpaired) electrons. The number of hydrogen-bond acceptors (Lipinski definition) is 2. The summed E-state index contributed by atoms with van der Waals surface area (Å²) in [6.07, 6.45) is 3.85. The molecular weight excluding hydrogens is 328 g/mol. The molecule has 0 aliphatic carbocycles. The van der Waals surface area contributed by atoms with E-state index in [0.717, 1.165) is 0 Å². The molecule has 0 aromatic heterocycles. The van der Waals surface area contributed by atoms with E-state index in [0.29, 0.717) is 0 Å². The summed E-state index contributed by atoms with van der Waals surface area (Å²) < 4.78 is 13.2. The Hall–Kier alpha value is -0.166. The highest BCUT2D eigenvalue weighted by atomic mass is 28.4. The first kappa shape index (κ1) is 23.8. The van der Waals surface area contributed by atoms with Crippen molar-refractivity contribution in [3.63, 3.8) is 0 Å². The van der Waals surface area contributed by atoms with Crippen molar-refractivity contribution in [2.75, 3.05) is 0 Å². The van der Waals surface area contributed by atoms with Crippen LogP contribution in [0.2, 0.25) is 36.3 Å². The molecule has 0 aromatic rings. The number of rotatable bonds is 8. The van der Waals surface area contributed by atoms with Gasteiger partial charge in [-0.05, 0) is 36.3 Å². The topological polar surface area (TPSA) is 18.5 Å². The third-order valence-corrected chi connectivity index (χ3v) is 14.9. The predicted octanol–water partition coefficient (Wildman–Crippen LogP) is 6.78. The molecule has 0 saturated heterocycles.